The summed E-state index contributed by atoms with van der Waals surface area (Å²) in [5, 5.41) is 0. The van der Waals surface area contributed by atoms with Crippen LogP contribution in [-0.4, -0.2) is 29.8 Å². The summed E-state index contributed by atoms with van der Waals surface area (Å²) in [5.74, 6) is 1.34. The molecule has 1 spiro atoms. The zero-order valence-corrected chi connectivity index (χ0v) is 11.0. The van der Waals surface area contributed by atoms with Gasteiger partial charge in [0.05, 0.1) is 6.54 Å². The minimum Gasteiger partial charge on any atom is -0.447 e. The molecule has 0 amide bonds. The van der Waals surface area contributed by atoms with Gasteiger partial charge in [-0.1, -0.05) is 12.1 Å². The molecule has 1 saturated heterocycles. The monoisotopic (exact) mass is 255 g/mol. The Labute approximate surface area is 108 Å². The third kappa shape index (κ3) is 2.09. The fraction of sp³-hybridized carbons (Fsp3) is 0.538. The van der Waals surface area contributed by atoms with Gasteiger partial charge in [0.1, 0.15) is 0 Å². The summed E-state index contributed by atoms with van der Waals surface area (Å²) in [6.07, 6.45) is 0.944. The molecule has 0 atom stereocenters. The lowest BCUT2D eigenvalue weighted by Gasteiger charge is -2.24. The summed E-state index contributed by atoms with van der Waals surface area (Å²) in [6.45, 7) is 6.33. The van der Waals surface area contributed by atoms with E-state index in [0.29, 0.717) is 6.04 Å². The molecule has 0 aromatic heterocycles. The van der Waals surface area contributed by atoms with Gasteiger partial charge in [0.25, 0.3) is 5.79 Å². The van der Waals surface area contributed by atoms with Gasteiger partial charge < -0.3 is 9.47 Å². The topological polar surface area (TPSA) is 21.7 Å². The van der Waals surface area contributed by atoms with Crippen LogP contribution in [0.25, 0.3) is 0 Å². The zero-order valence-electron chi connectivity index (χ0n) is 10.2. The van der Waals surface area contributed by atoms with Crippen LogP contribution < -0.4 is 9.47 Å². The lowest BCUT2D eigenvalue weighted by atomic mass is 10.2. The van der Waals surface area contributed by atoms with E-state index in [0.717, 1.165) is 31.0 Å². The molecule has 1 fully saturated rings. The number of halogens is 1. The second-order valence-electron chi connectivity index (χ2n) is 4.88. The Hall–Kier alpha value is -0.930. The van der Waals surface area contributed by atoms with E-state index in [4.69, 9.17) is 9.47 Å². The molecule has 0 unspecified atom stereocenters. The minimum absolute atomic E-state index is 0. The second-order valence-corrected chi connectivity index (χ2v) is 4.88. The molecule has 2 aliphatic rings. The number of nitrogens with zero attached hydrogens (tertiary/aromatic N) is 1. The van der Waals surface area contributed by atoms with Gasteiger partial charge in [-0.3, -0.25) is 4.90 Å². The van der Waals surface area contributed by atoms with E-state index >= 15 is 0 Å². The first-order valence-electron chi connectivity index (χ1n) is 5.90. The fourth-order valence-electron chi connectivity index (χ4n) is 2.43. The molecule has 4 heteroatoms. The van der Waals surface area contributed by atoms with Crippen molar-refractivity contribution in [3.05, 3.63) is 24.3 Å². The van der Waals surface area contributed by atoms with Gasteiger partial charge in [0.15, 0.2) is 11.5 Å². The fourth-order valence-corrected chi connectivity index (χ4v) is 2.43. The summed E-state index contributed by atoms with van der Waals surface area (Å²) < 4.78 is 11.9. The quantitative estimate of drug-likeness (QED) is 0.770. The SMILES string of the molecule is CC(C)N1CCC2(C1)Oc1ccccc1O2.Cl. The van der Waals surface area contributed by atoms with E-state index < -0.39 is 5.79 Å². The molecular weight excluding hydrogens is 238 g/mol. The average molecular weight is 256 g/mol. The highest BCUT2D eigenvalue weighted by Crippen LogP contribution is 2.43. The standard InChI is InChI=1S/C13H17NO2.ClH/c1-10(2)14-8-7-13(9-14)15-11-5-3-4-6-12(11)16-13;/h3-6,10H,7-9H2,1-2H3;1H. The number of rotatable bonds is 1. The normalized spacial score (nSPS) is 20.9. The van der Waals surface area contributed by atoms with E-state index in [1.807, 2.05) is 24.3 Å². The Morgan fingerprint density at radius 3 is 2.24 bits per heavy atom. The first kappa shape index (κ1) is 12.5. The Bertz CT molecular complexity index is 383. The van der Waals surface area contributed by atoms with Gasteiger partial charge in [-0.05, 0) is 26.0 Å². The maximum atomic E-state index is 5.97. The van der Waals surface area contributed by atoms with Crippen molar-refractivity contribution in [2.75, 3.05) is 13.1 Å². The maximum Gasteiger partial charge on any atom is 0.265 e. The van der Waals surface area contributed by atoms with Gasteiger partial charge in [-0.15, -0.1) is 12.4 Å². The maximum absolute atomic E-state index is 5.97. The second kappa shape index (κ2) is 4.39. The third-order valence-electron chi connectivity index (χ3n) is 3.40. The Morgan fingerprint density at radius 1 is 1.18 bits per heavy atom. The van der Waals surface area contributed by atoms with Crippen LogP contribution in [0.5, 0.6) is 11.5 Å². The number of benzene rings is 1. The van der Waals surface area contributed by atoms with Crippen molar-refractivity contribution in [1.29, 1.82) is 0 Å². The lowest BCUT2D eigenvalue weighted by Crippen LogP contribution is -2.42. The Balaban J connectivity index is 0.00000108. The van der Waals surface area contributed by atoms with Crippen molar-refractivity contribution in [2.24, 2.45) is 0 Å². The number of hydrogen-bond donors (Lipinski definition) is 0. The molecule has 3 rings (SSSR count). The van der Waals surface area contributed by atoms with Gasteiger partial charge in [-0.2, -0.15) is 0 Å². The van der Waals surface area contributed by atoms with Gasteiger partial charge in [0.2, 0.25) is 0 Å². The molecule has 0 bridgehead atoms. The van der Waals surface area contributed by atoms with Gasteiger partial charge in [0, 0.05) is 19.0 Å². The van der Waals surface area contributed by atoms with Crippen molar-refractivity contribution in [2.45, 2.75) is 32.1 Å². The first-order chi connectivity index (χ1) is 7.69. The molecule has 17 heavy (non-hydrogen) atoms. The van der Waals surface area contributed by atoms with Crippen LogP contribution in [-0.2, 0) is 0 Å². The number of fused-ring (bicyclic) bond motifs is 1. The summed E-state index contributed by atoms with van der Waals surface area (Å²) in [6, 6.07) is 8.46. The largest absolute Gasteiger partial charge is 0.447 e. The van der Waals surface area contributed by atoms with Crippen LogP contribution in [0.15, 0.2) is 24.3 Å². The molecule has 2 heterocycles. The van der Waals surface area contributed by atoms with E-state index in [-0.39, 0.29) is 12.4 Å². The van der Waals surface area contributed by atoms with E-state index in [2.05, 4.69) is 18.7 Å². The van der Waals surface area contributed by atoms with Crippen LogP contribution in [0.1, 0.15) is 20.3 Å². The average Bonchev–Trinajstić information content (AvgIpc) is 2.82. The molecular formula is C13H18ClNO2. The highest BCUT2D eigenvalue weighted by molar-refractivity contribution is 5.85. The van der Waals surface area contributed by atoms with Crippen LogP contribution in [0.3, 0.4) is 0 Å². The molecule has 3 nitrogen and oxygen atoms in total. The molecule has 0 radical (unpaired) electrons. The first-order valence-corrected chi connectivity index (χ1v) is 5.90. The molecule has 0 N–H and O–H groups in total. The zero-order chi connectivity index (χ0) is 11.2. The molecule has 1 aromatic carbocycles. The highest BCUT2D eigenvalue weighted by atomic mass is 35.5. The Kier molecular flexibility index (Phi) is 3.23. The molecule has 2 aliphatic heterocycles. The summed E-state index contributed by atoms with van der Waals surface area (Å²) in [4.78, 5) is 2.39. The number of para-hydroxylation sites is 2. The number of hydrogen-bond acceptors (Lipinski definition) is 3. The molecule has 0 saturated carbocycles. The predicted molar refractivity (Wildman–Crippen MR) is 69.0 cm³/mol. The van der Waals surface area contributed by atoms with E-state index in [1.54, 1.807) is 0 Å². The van der Waals surface area contributed by atoms with E-state index in [1.165, 1.54) is 0 Å². The number of likely N-dealkylation sites (tertiary alicyclic amines) is 1. The molecule has 1 aromatic rings. The summed E-state index contributed by atoms with van der Waals surface area (Å²) >= 11 is 0. The number of ether oxygens (including phenoxy) is 2. The van der Waals surface area contributed by atoms with Gasteiger partial charge >= 0.3 is 0 Å². The van der Waals surface area contributed by atoms with Crippen molar-refractivity contribution in [3.63, 3.8) is 0 Å². The van der Waals surface area contributed by atoms with Crippen molar-refractivity contribution in [3.8, 4) is 11.5 Å². The van der Waals surface area contributed by atoms with Crippen molar-refractivity contribution in [1.82, 2.24) is 4.90 Å². The Morgan fingerprint density at radius 2 is 1.76 bits per heavy atom. The van der Waals surface area contributed by atoms with Crippen LogP contribution in [0.4, 0.5) is 0 Å². The lowest BCUT2D eigenvalue weighted by molar-refractivity contribution is -0.0690. The van der Waals surface area contributed by atoms with Crippen LogP contribution in [0, 0.1) is 0 Å². The van der Waals surface area contributed by atoms with Crippen molar-refractivity contribution < 1.29 is 9.47 Å². The summed E-state index contributed by atoms with van der Waals surface area (Å²) in [5.41, 5.74) is 0. The van der Waals surface area contributed by atoms with Crippen LogP contribution >= 0.6 is 12.4 Å². The molecule has 0 aliphatic carbocycles. The van der Waals surface area contributed by atoms with E-state index in [9.17, 15) is 0 Å². The van der Waals surface area contributed by atoms with Gasteiger partial charge in [-0.25, -0.2) is 0 Å². The van der Waals surface area contributed by atoms with Crippen LogP contribution in [0.2, 0.25) is 0 Å². The molecule has 94 valence electrons. The minimum atomic E-state index is -0.423. The third-order valence-corrected chi connectivity index (χ3v) is 3.40. The van der Waals surface area contributed by atoms with Crippen molar-refractivity contribution >= 4 is 12.4 Å². The summed E-state index contributed by atoms with van der Waals surface area (Å²) in [7, 11) is 0. The highest BCUT2D eigenvalue weighted by Gasteiger charge is 2.47. The smallest absolute Gasteiger partial charge is 0.265 e. The predicted octanol–water partition coefficient (Wildman–Crippen LogP) is 2.69.